The van der Waals surface area contributed by atoms with Crippen molar-refractivity contribution in [3.8, 4) is 0 Å². The molecule has 0 radical (unpaired) electrons. The second kappa shape index (κ2) is 8.47. The van der Waals surface area contributed by atoms with Crippen LogP contribution in [0.4, 0.5) is 5.69 Å². The van der Waals surface area contributed by atoms with E-state index in [9.17, 15) is 13.0 Å². The standard InChI is InChI=1S/C24H39NO4SSi/c1-5-6-16-31(3,4)29-25(30(26,27)28)19-10-12-20-18(17-19)9-11-22-21(20)13-15-24(2)14-7-8-23(22)24/h10,12,17,21-23H,5-9,11,13-16H2,1-4H3,(H,26,27,28)/t21-,22-,23+,24+/m1/s1. The van der Waals surface area contributed by atoms with E-state index in [0.29, 0.717) is 17.0 Å². The Kier molecular flexibility index (Phi) is 6.36. The van der Waals surface area contributed by atoms with Crippen molar-refractivity contribution in [3.63, 3.8) is 0 Å². The normalized spacial score (nSPS) is 30.4. The summed E-state index contributed by atoms with van der Waals surface area (Å²) >= 11 is 0. The van der Waals surface area contributed by atoms with Crippen LogP contribution in [0.2, 0.25) is 19.1 Å². The molecule has 7 heteroatoms. The van der Waals surface area contributed by atoms with Gasteiger partial charge >= 0.3 is 10.3 Å². The van der Waals surface area contributed by atoms with E-state index < -0.39 is 18.6 Å². The molecule has 174 valence electrons. The first-order valence-corrected chi connectivity index (χ1v) is 16.6. The monoisotopic (exact) mass is 465 g/mol. The molecular formula is C24H39NO4SSi. The number of benzene rings is 1. The molecule has 0 heterocycles. The van der Waals surface area contributed by atoms with E-state index >= 15 is 0 Å². The Labute approximate surface area is 189 Å². The largest absolute Gasteiger partial charge is 0.381 e. The third-order valence-corrected chi connectivity index (χ3v) is 11.4. The Bertz CT molecular complexity index is 918. The van der Waals surface area contributed by atoms with Crippen molar-refractivity contribution in [2.45, 2.75) is 96.7 Å². The van der Waals surface area contributed by atoms with Crippen LogP contribution in [-0.2, 0) is 21.3 Å². The lowest BCUT2D eigenvalue weighted by atomic mass is 9.56. The number of aryl methyl sites for hydroxylation is 1. The van der Waals surface area contributed by atoms with Crippen LogP contribution in [-0.4, -0.2) is 21.3 Å². The summed E-state index contributed by atoms with van der Waals surface area (Å²) < 4.78 is 41.2. The topological polar surface area (TPSA) is 66.8 Å². The molecule has 0 saturated heterocycles. The molecule has 1 N–H and O–H groups in total. The molecule has 5 nitrogen and oxygen atoms in total. The minimum absolute atomic E-state index is 0.429. The van der Waals surface area contributed by atoms with Gasteiger partial charge in [0.05, 0.1) is 5.69 Å². The first-order chi connectivity index (χ1) is 14.5. The zero-order chi connectivity index (χ0) is 22.4. The lowest BCUT2D eigenvalue weighted by Gasteiger charge is -2.49. The fraction of sp³-hybridized carbons (Fsp3) is 0.750. The van der Waals surface area contributed by atoms with Gasteiger partial charge in [0.1, 0.15) is 0 Å². The molecule has 4 rings (SSSR count). The van der Waals surface area contributed by atoms with Crippen molar-refractivity contribution in [3.05, 3.63) is 29.3 Å². The number of nitrogens with zero attached hydrogens (tertiary/aromatic N) is 1. The first-order valence-electron chi connectivity index (χ1n) is 12.1. The van der Waals surface area contributed by atoms with Crippen LogP contribution < -0.4 is 4.47 Å². The summed E-state index contributed by atoms with van der Waals surface area (Å²) in [5.74, 6) is 2.18. The fourth-order valence-electron chi connectivity index (χ4n) is 6.78. The van der Waals surface area contributed by atoms with Crippen molar-refractivity contribution in [2.24, 2.45) is 17.3 Å². The predicted octanol–water partition coefficient (Wildman–Crippen LogP) is 6.48. The molecule has 0 aromatic heterocycles. The summed E-state index contributed by atoms with van der Waals surface area (Å²) in [5.41, 5.74) is 3.58. The number of hydrogen-bond donors (Lipinski definition) is 1. The van der Waals surface area contributed by atoms with Crippen molar-refractivity contribution >= 4 is 24.3 Å². The van der Waals surface area contributed by atoms with E-state index in [-0.39, 0.29) is 0 Å². The smallest absolute Gasteiger partial charge is 0.305 e. The predicted molar refractivity (Wildman–Crippen MR) is 128 cm³/mol. The summed E-state index contributed by atoms with van der Waals surface area (Å²) in [6.07, 6.45) is 10.8. The third kappa shape index (κ3) is 4.61. The zero-order valence-corrected chi connectivity index (χ0v) is 21.4. The maximum absolute atomic E-state index is 12.2. The van der Waals surface area contributed by atoms with Gasteiger partial charge < -0.3 is 4.53 Å². The van der Waals surface area contributed by atoms with Gasteiger partial charge in [0.15, 0.2) is 0 Å². The van der Waals surface area contributed by atoms with Crippen LogP contribution in [0.1, 0.15) is 82.3 Å². The van der Waals surface area contributed by atoms with E-state index in [1.54, 1.807) is 0 Å². The summed E-state index contributed by atoms with van der Waals surface area (Å²) in [4.78, 5) is 0. The van der Waals surface area contributed by atoms with Gasteiger partial charge in [0, 0.05) is 0 Å². The zero-order valence-electron chi connectivity index (χ0n) is 19.6. The summed E-state index contributed by atoms with van der Waals surface area (Å²) in [6.45, 7) is 8.63. The average molecular weight is 466 g/mol. The van der Waals surface area contributed by atoms with Crippen molar-refractivity contribution in [1.29, 1.82) is 0 Å². The molecule has 0 amide bonds. The number of anilines is 1. The average Bonchev–Trinajstić information content (AvgIpc) is 3.11. The van der Waals surface area contributed by atoms with Crippen LogP contribution in [0, 0.1) is 17.3 Å². The van der Waals surface area contributed by atoms with Gasteiger partial charge in [-0.1, -0.05) is 39.2 Å². The highest BCUT2D eigenvalue weighted by Gasteiger charge is 2.50. The molecule has 0 unspecified atom stereocenters. The van der Waals surface area contributed by atoms with E-state index in [4.69, 9.17) is 4.53 Å². The van der Waals surface area contributed by atoms with Crippen LogP contribution in [0.15, 0.2) is 18.2 Å². The Morgan fingerprint density at radius 1 is 1.23 bits per heavy atom. The van der Waals surface area contributed by atoms with Gasteiger partial charge in [-0.15, -0.1) is 4.47 Å². The highest BCUT2D eigenvalue weighted by atomic mass is 32.2. The number of hydrogen-bond acceptors (Lipinski definition) is 3. The van der Waals surface area contributed by atoms with E-state index in [1.165, 1.54) is 49.7 Å². The van der Waals surface area contributed by atoms with E-state index in [2.05, 4.69) is 19.9 Å². The maximum atomic E-state index is 12.2. The van der Waals surface area contributed by atoms with E-state index in [0.717, 1.165) is 41.6 Å². The van der Waals surface area contributed by atoms with Gasteiger partial charge in [0.25, 0.3) is 0 Å². The Hall–Kier alpha value is -0.893. The minimum atomic E-state index is -4.50. The van der Waals surface area contributed by atoms with Crippen molar-refractivity contribution < 1.29 is 17.5 Å². The lowest BCUT2D eigenvalue weighted by molar-refractivity contribution is 0.0598. The van der Waals surface area contributed by atoms with Crippen LogP contribution in [0.5, 0.6) is 0 Å². The summed E-state index contributed by atoms with van der Waals surface area (Å²) in [6, 6.07) is 6.75. The first kappa shape index (κ1) is 23.3. The maximum Gasteiger partial charge on any atom is 0.381 e. The third-order valence-electron chi connectivity index (χ3n) is 8.37. The van der Waals surface area contributed by atoms with Crippen molar-refractivity contribution in [2.75, 3.05) is 4.47 Å². The Morgan fingerprint density at radius 2 is 2.00 bits per heavy atom. The van der Waals surface area contributed by atoms with Gasteiger partial charge in [-0.25, -0.2) is 0 Å². The molecule has 0 aliphatic heterocycles. The Balaban J connectivity index is 1.60. The Morgan fingerprint density at radius 3 is 2.71 bits per heavy atom. The molecule has 0 bridgehead atoms. The number of fused-ring (bicyclic) bond motifs is 5. The van der Waals surface area contributed by atoms with Gasteiger partial charge in [-0.3, -0.25) is 4.55 Å². The van der Waals surface area contributed by atoms with Gasteiger partial charge in [-0.2, -0.15) is 8.42 Å². The molecule has 2 fully saturated rings. The number of rotatable bonds is 7. The molecule has 3 aliphatic rings. The number of unbranched alkanes of at least 4 members (excludes halogenated alkanes) is 1. The molecule has 2 saturated carbocycles. The highest BCUT2D eigenvalue weighted by molar-refractivity contribution is 7.87. The summed E-state index contributed by atoms with van der Waals surface area (Å²) in [7, 11) is -6.78. The minimum Gasteiger partial charge on any atom is -0.305 e. The quantitative estimate of drug-likeness (QED) is 0.284. The molecule has 0 spiro atoms. The lowest BCUT2D eigenvalue weighted by Crippen LogP contribution is -2.43. The molecule has 4 atom stereocenters. The molecule has 3 aliphatic carbocycles. The van der Waals surface area contributed by atoms with E-state index in [1.807, 2.05) is 25.2 Å². The molecule has 31 heavy (non-hydrogen) atoms. The van der Waals surface area contributed by atoms with Crippen molar-refractivity contribution in [1.82, 2.24) is 0 Å². The SMILES string of the molecule is CCCC[Si](C)(C)ON(c1ccc2c(c1)CC[C@@H]1[C@@H]2CC[C@]2(C)CCC[C@@H]12)S(=O)(=O)O. The fourth-order valence-corrected chi connectivity index (χ4v) is 9.99. The second-order valence-electron chi connectivity index (χ2n) is 11.0. The molecule has 1 aromatic carbocycles. The van der Waals surface area contributed by atoms with Gasteiger partial charge in [-0.05, 0) is 104 Å². The second-order valence-corrected chi connectivity index (χ2v) is 16.5. The molecular weight excluding hydrogens is 426 g/mol. The van der Waals surface area contributed by atoms with Crippen LogP contribution in [0.25, 0.3) is 0 Å². The highest BCUT2D eigenvalue weighted by Crippen LogP contribution is 2.60. The van der Waals surface area contributed by atoms with Crippen LogP contribution >= 0.6 is 0 Å². The van der Waals surface area contributed by atoms with Gasteiger partial charge in [0.2, 0.25) is 8.32 Å². The molecule has 1 aromatic rings. The van der Waals surface area contributed by atoms with Crippen LogP contribution in [0.3, 0.4) is 0 Å². The summed E-state index contributed by atoms with van der Waals surface area (Å²) in [5, 5.41) is 0.